The van der Waals surface area contributed by atoms with Gasteiger partial charge < -0.3 is 14.5 Å². The maximum absolute atomic E-state index is 10.5. The van der Waals surface area contributed by atoms with Gasteiger partial charge in [0.15, 0.2) is 0 Å². The summed E-state index contributed by atoms with van der Waals surface area (Å²) in [5.41, 5.74) is 1.74. The Bertz CT molecular complexity index is 656. The van der Waals surface area contributed by atoms with Gasteiger partial charge in [0, 0.05) is 28.9 Å². The first-order valence-electron chi connectivity index (χ1n) is 7.27. The topological polar surface area (TPSA) is 76.7 Å². The van der Waals surface area contributed by atoms with E-state index in [0.717, 1.165) is 15.7 Å². The standard InChI is InChI=1S/C16H18BrN3O3/c17-14-5-3-4-13(10-14)15(11-20-8-7-18-12-20)19-23-9-2-1-6-16(21)22/h3-5,7-8,10,12H,1-2,6,9,11H2,(H,21,22)/b19-15-. The summed E-state index contributed by atoms with van der Waals surface area (Å²) < 4.78 is 2.88. The third-order valence-corrected chi connectivity index (χ3v) is 3.59. The molecule has 0 unspecified atom stereocenters. The van der Waals surface area contributed by atoms with Crippen LogP contribution < -0.4 is 0 Å². The molecule has 23 heavy (non-hydrogen) atoms. The molecule has 0 radical (unpaired) electrons. The van der Waals surface area contributed by atoms with Crippen LogP contribution in [0.1, 0.15) is 24.8 Å². The van der Waals surface area contributed by atoms with E-state index in [1.807, 2.05) is 35.0 Å². The molecule has 0 atom stereocenters. The Morgan fingerprint density at radius 1 is 1.39 bits per heavy atom. The highest BCUT2D eigenvalue weighted by atomic mass is 79.9. The molecule has 1 N–H and O–H groups in total. The molecule has 0 aliphatic rings. The molecule has 6 nitrogen and oxygen atoms in total. The number of nitrogens with zero attached hydrogens (tertiary/aromatic N) is 3. The number of aliphatic carboxylic acids is 1. The Kier molecular flexibility index (Phi) is 6.80. The summed E-state index contributed by atoms with van der Waals surface area (Å²) in [6.07, 6.45) is 6.69. The summed E-state index contributed by atoms with van der Waals surface area (Å²) >= 11 is 3.45. The summed E-state index contributed by atoms with van der Waals surface area (Å²) in [6, 6.07) is 7.83. The largest absolute Gasteiger partial charge is 0.481 e. The van der Waals surface area contributed by atoms with Crippen molar-refractivity contribution in [1.29, 1.82) is 0 Å². The molecular weight excluding hydrogens is 362 g/mol. The number of carboxylic acids is 1. The van der Waals surface area contributed by atoms with Gasteiger partial charge in [-0.05, 0) is 25.0 Å². The normalized spacial score (nSPS) is 11.4. The van der Waals surface area contributed by atoms with Crippen molar-refractivity contribution < 1.29 is 14.7 Å². The van der Waals surface area contributed by atoms with Crippen LogP contribution in [0.4, 0.5) is 0 Å². The van der Waals surface area contributed by atoms with Gasteiger partial charge in [0.2, 0.25) is 0 Å². The molecule has 1 heterocycles. The fraction of sp³-hybridized carbons (Fsp3) is 0.312. The zero-order valence-corrected chi connectivity index (χ0v) is 14.1. The highest BCUT2D eigenvalue weighted by Gasteiger charge is 2.07. The van der Waals surface area contributed by atoms with Crippen molar-refractivity contribution in [1.82, 2.24) is 9.55 Å². The second-order valence-electron chi connectivity index (χ2n) is 4.97. The van der Waals surface area contributed by atoms with Crippen LogP contribution in [0.5, 0.6) is 0 Å². The number of unbranched alkanes of at least 4 members (excludes halogenated alkanes) is 1. The number of aromatic nitrogens is 2. The molecular formula is C16H18BrN3O3. The molecule has 122 valence electrons. The Morgan fingerprint density at radius 3 is 2.96 bits per heavy atom. The van der Waals surface area contributed by atoms with E-state index in [2.05, 4.69) is 26.1 Å². The smallest absolute Gasteiger partial charge is 0.303 e. The molecule has 0 bridgehead atoms. The van der Waals surface area contributed by atoms with Gasteiger partial charge in [-0.3, -0.25) is 4.79 Å². The Labute approximate surface area is 142 Å². The van der Waals surface area contributed by atoms with Crippen molar-refractivity contribution in [2.24, 2.45) is 5.16 Å². The second-order valence-corrected chi connectivity index (χ2v) is 5.88. The number of carboxylic acid groups (broad SMARTS) is 1. The van der Waals surface area contributed by atoms with Crippen LogP contribution in [0.25, 0.3) is 0 Å². The van der Waals surface area contributed by atoms with E-state index < -0.39 is 5.97 Å². The zero-order valence-electron chi connectivity index (χ0n) is 12.6. The van der Waals surface area contributed by atoms with Crippen LogP contribution in [-0.2, 0) is 16.2 Å². The first kappa shape index (κ1) is 17.2. The van der Waals surface area contributed by atoms with Crippen LogP contribution in [0.3, 0.4) is 0 Å². The van der Waals surface area contributed by atoms with E-state index in [1.165, 1.54) is 0 Å². The molecule has 0 aliphatic carbocycles. The average molecular weight is 380 g/mol. The monoisotopic (exact) mass is 379 g/mol. The third kappa shape index (κ3) is 6.23. The summed E-state index contributed by atoms with van der Waals surface area (Å²) in [7, 11) is 0. The zero-order chi connectivity index (χ0) is 16.5. The van der Waals surface area contributed by atoms with E-state index in [9.17, 15) is 4.79 Å². The lowest BCUT2D eigenvalue weighted by Crippen LogP contribution is -2.11. The summed E-state index contributed by atoms with van der Waals surface area (Å²) in [6.45, 7) is 0.945. The first-order chi connectivity index (χ1) is 11.1. The maximum atomic E-state index is 10.5. The minimum Gasteiger partial charge on any atom is -0.481 e. The molecule has 0 spiro atoms. The SMILES string of the molecule is O=C(O)CCCCO/N=C(/Cn1ccnc1)c1cccc(Br)c1. The molecule has 0 fully saturated rings. The third-order valence-electron chi connectivity index (χ3n) is 3.10. The predicted octanol–water partition coefficient (Wildman–Crippen LogP) is 3.32. The molecule has 2 aromatic rings. The van der Waals surface area contributed by atoms with Gasteiger partial charge in [0.25, 0.3) is 0 Å². The van der Waals surface area contributed by atoms with E-state index in [1.54, 1.807) is 12.5 Å². The van der Waals surface area contributed by atoms with Crippen molar-refractivity contribution in [3.63, 3.8) is 0 Å². The Hall–Kier alpha value is -2.15. The predicted molar refractivity (Wildman–Crippen MR) is 90.3 cm³/mol. The molecule has 1 aromatic carbocycles. The van der Waals surface area contributed by atoms with Crippen LogP contribution in [0, 0.1) is 0 Å². The van der Waals surface area contributed by atoms with Crippen molar-refractivity contribution in [2.45, 2.75) is 25.8 Å². The van der Waals surface area contributed by atoms with Gasteiger partial charge in [0.1, 0.15) is 12.3 Å². The number of benzene rings is 1. The van der Waals surface area contributed by atoms with Crippen LogP contribution >= 0.6 is 15.9 Å². The van der Waals surface area contributed by atoms with Crippen molar-refractivity contribution in [3.8, 4) is 0 Å². The molecule has 0 aliphatic heterocycles. The summed E-state index contributed by atoms with van der Waals surface area (Å²) in [4.78, 5) is 19.8. The lowest BCUT2D eigenvalue weighted by atomic mass is 10.1. The lowest BCUT2D eigenvalue weighted by molar-refractivity contribution is -0.137. The fourth-order valence-electron chi connectivity index (χ4n) is 1.96. The van der Waals surface area contributed by atoms with E-state index >= 15 is 0 Å². The number of rotatable bonds is 9. The Morgan fingerprint density at radius 2 is 2.26 bits per heavy atom. The minimum absolute atomic E-state index is 0.153. The number of oxime groups is 1. The van der Waals surface area contributed by atoms with Gasteiger partial charge in [-0.15, -0.1) is 0 Å². The molecule has 7 heteroatoms. The van der Waals surface area contributed by atoms with E-state index in [-0.39, 0.29) is 6.42 Å². The van der Waals surface area contributed by atoms with Gasteiger partial charge in [-0.2, -0.15) is 0 Å². The Balaban J connectivity index is 1.98. The fourth-order valence-corrected chi connectivity index (χ4v) is 2.36. The quantitative estimate of drug-likeness (QED) is 0.411. The van der Waals surface area contributed by atoms with Gasteiger partial charge >= 0.3 is 5.97 Å². The molecule has 1 aromatic heterocycles. The summed E-state index contributed by atoms with van der Waals surface area (Å²) in [5, 5.41) is 12.8. The van der Waals surface area contributed by atoms with Crippen LogP contribution in [0.15, 0.2) is 52.6 Å². The second kappa shape index (κ2) is 9.09. The highest BCUT2D eigenvalue weighted by molar-refractivity contribution is 9.10. The van der Waals surface area contributed by atoms with Crippen LogP contribution in [-0.4, -0.2) is 32.9 Å². The van der Waals surface area contributed by atoms with Gasteiger partial charge in [-0.1, -0.05) is 33.2 Å². The minimum atomic E-state index is -0.788. The molecule has 0 saturated heterocycles. The maximum Gasteiger partial charge on any atom is 0.303 e. The lowest BCUT2D eigenvalue weighted by Gasteiger charge is -2.08. The number of halogens is 1. The van der Waals surface area contributed by atoms with Crippen molar-refractivity contribution in [3.05, 3.63) is 53.0 Å². The van der Waals surface area contributed by atoms with Crippen molar-refractivity contribution in [2.75, 3.05) is 6.61 Å². The number of imidazole rings is 1. The summed E-state index contributed by atoms with van der Waals surface area (Å²) in [5.74, 6) is -0.788. The van der Waals surface area contributed by atoms with E-state index in [0.29, 0.717) is 26.0 Å². The number of hydrogen-bond acceptors (Lipinski definition) is 4. The van der Waals surface area contributed by atoms with Gasteiger partial charge in [-0.25, -0.2) is 4.98 Å². The van der Waals surface area contributed by atoms with Crippen LogP contribution in [0.2, 0.25) is 0 Å². The first-order valence-corrected chi connectivity index (χ1v) is 8.07. The molecule has 0 amide bonds. The number of hydrogen-bond donors (Lipinski definition) is 1. The highest BCUT2D eigenvalue weighted by Crippen LogP contribution is 2.14. The number of carbonyl (C=O) groups is 1. The molecule has 0 saturated carbocycles. The average Bonchev–Trinajstić information content (AvgIpc) is 3.02. The van der Waals surface area contributed by atoms with Crippen molar-refractivity contribution >= 4 is 27.6 Å². The van der Waals surface area contributed by atoms with Gasteiger partial charge in [0.05, 0.1) is 12.9 Å². The molecule has 2 rings (SSSR count). The van der Waals surface area contributed by atoms with E-state index in [4.69, 9.17) is 9.94 Å².